The average molecular weight is 293 g/mol. The van der Waals surface area contributed by atoms with Gasteiger partial charge in [0.15, 0.2) is 0 Å². The highest BCUT2D eigenvalue weighted by Gasteiger charge is 2.08. The average Bonchev–Trinajstić information content (AvgIpc) is 2.46. The third kappa shape index (κ3) is 4.86. The Bertz CT molecular complexity index is 487. The third-order valence-electron chi connectivity index (χ3n) is 2.85. The SMILES string of the molecule is CNC(CSc1ccc(Cl)cc1)Cc1ccccn1. The molecule has 1 unspecified atom stereocenters. The Kier molecular flexibility index (Phi) is 5.70. The zero-order valence-corrected chi connectivity index (χ0v) is 12.4. The van der Waals surface area contributed by atoms with Crippen LogP contribution in [0, 0.1) is 0 Å². The molecule has 19 heavy (non-hydrogen) atoms. The summed E-state index contributed by atoms with van der Waals surface area (Å²) in [5, 5.41) is 4.13. The number of hydrogen-bond acceptors (Lipinski definition) is 3. The topological polar surface area (TPSA) is 24.9 Å². The van der Waals surface area contributed by atoms with Crippen LogP contribution in [0.25, 0.3) is 0 Å². The fourth-order valence-corrected chi connectivity index (χ4v) is 2.88. The van der Waals surface area contributed by atoms with E-state index in [-0.39, 0.29) is 0 Å². The first-order valence-corrected chi connectivity index (χ1v) is 7.60. The van der Waals surface area contributed by atoms with E-state index >= 15 is 0 Å². The van der Waals surface area contributed by atoms with Crippen LogP contribution in [0.3, 0.4) is 0 Å². The van der Waals surface area contributed by atoms with Crippen molar-refractivity contribution in [3.63, 3.8) is 0 Å². The summed E-state index contributed by atoms with van der Waals surface area (Å²) in [6.45, 7) is 0. The van der Waals surface area contributed by atoms with Gasteiger partial charge in [0.1, 0.15) is 0 Å². The smallest absolute Gasteiger partial charge is 0.0419 e. The number of likely N-dealkylation sites (N-methyl/N-ethyl adjacent to an activating group) is 1. The summed E-state index contributed by atoms with van der Waals surface area (Å²) in [4.78, 5) is 5.61. The number of nitrogens with one attached hydrogen (secondary N) is 1. The molecule has 1 aromatic carbocycles. The van der Waals surface area contributed by atoms with E-state index in [2.05, 4.69) is 28.5 Å². The number of aromatic nitrogens is 1. The second-order valence-corrected chi connectivity index (χ2v) is 5.81. The Balaban J connectivity index is 1.87. The molecule has 1 aromatic heterocycles. The predicted molar refractivity (Wildman–Crippen MR) is 83.0 cm³/mol. The number of benzene rings is 1. The van der Waals surface area contributed by atoms with Crippen LogP contribution in [0.4, 0.5) is 0 Å². The van der Waals surface area contributed by atoms with Crippen LogP contribution >= 0.6 is 23.4 Å². The van der Waals surface area contributed by atoms with Crippen molar-refractivity contribution in [3.05, 3.63) is 59.4 Å². The van der Waals surface area contributed by atoms with Crippen molar-refractivity contribution in [3.8, 4) is 0 Å². The first-order chi connectivity index (χ1) is 9.28. The van der Waals surface area contributed by atoms with Gasteiger partial charge in [-0.1, -0.05) is 17.7 Å². The first-order valence-electron chi connectivity index (χ1n) is 6.23. The molecular weight excluding hydrogens is 276 g/mol. The molecule has 0 spiro atoms. The van der Waals surface area contributed by atoms with Crippen molar-refractivity contribution in [1.82, 2.24) is 10.3 Å². The van der Waals surface area contributed by atoms with Gasteiger partial charge < -0.3 is 5.32 Å². The van der Waals surface area contributed by atoms with E-state index in [0.717, 1.165) is 22.9 Å². The van der Waals surface area contributed by atoms with Gasteiger partial charge in [0.2, 0.25) is 0 Å². The van der Waals surface area contributed by atoms with Crippen LogP contribution in [0.5, 0.6) is 0 Å². The minimum absolute atomic E-state index is 0.413. The number of rotatable bonds is 6. The quantitative estimate of drug-likeness (QED) is 0.823. The van der Waals surface area contributed by atoms with Crippen molar-refractivity contribution in [1.29, 1.82) is 0 Å². The Labute approximate surface area is 123 Å². The minimum Gasteiger partial charge on any atom is -0.316 e. The zero-order valence-electron chi connectivity index (χ0n) is 10.8. The molecule has 0 bridgehead atoms. The van der Waals surface area contributed by atoms with Gasteiger partial charge in [0.25, 0.3) is 0 Å². The van der Waals surface area contributed by atoms with E-state index in [9.17, 15) is 0 Å². The number of halogens is 1. The van der Waals surface area contributed by atoms with Crippen molar-refractivity contribution in [2.45, 2.75) is 17.4 Å². The van der Waals surface area contributed by atoms with Crippen molar-refractivity contribution >= 4 is 23.4 Å². The van der Waals surface area contributed by atoms with Gasteiger partial charge >= 0.3 is 0 Å². The van der Waals surface area contributed by atoms with Crippen LogP contribution in [0.15, 0.2) is 53.6 Å². The molecule has 0 amide bonds. The van der Waals surface area contributed by atoms with Gasteiger partial charge in [0, 0.05) is 40.0 Å². The molecule has 2 aromatic rings. The van der Waals surface area contributed by atoms with Gasteiger partial charge in [-0.3, -0.25) is 4.98 Å². The summed E-state index contributed by atoms with van der Waals surface area (Å²) < 4.78 is 0. The van der Waals surface area contributed by atoms with E-state index in [1.165, 1.54) is 4.90 Å². The maximum atomic E-state index is 5.88. The number of hydrogen-bond donors (Lipinski definition) is 1. The number of thioether (sulfide) groups is 1. The minimum atomic E-state index is 0.413. The van der Waals surface area contributed by atoms with E-state index in [1.807, 2.05) is 49.3 Å². The van der Waals surface area contributed by atoms with Gasteiger partial charge in [-0.2, -0.15) is 0 Å². The molecule has 0 aliphatic heterocycles. The maximum absolute atomic E-state index is 5.88. The molecular formula is C15H17ClN2S. The molecule has 1 N–H and O–H groups in total. The summed E-state index contributed by atoms with van der Waals surface area (Å²) >= 11 is 7.71. The lowest BCUT2D eigenvalue weighted by atomic mass is 10.2. The fourth-order valence-electron chi connectivity index (χ4n) is 1.74. The van der Waals surface area contributed by atoms with Crippen LogP contribution in [0.2, 0.25) is 5.02 Å². The van der Waals surface area contributed by atoms with Crippen molar-refractivity contribution < 1.29 is 0 Å². The van der Waals surface area contributed by atoms with Gasteiger partial charge in [-0.05, 0) is 43.4 Å². The molecule has 1 atom stereocenters. The lowest BCUT2D eigenvalue weighted by Gasteiger charge is -2.15. The van der Waals surface area contributed by atoms with Crippen LogP contribution < -0.4 is 5.32 Å². The Morgan fingerprint density at radius 3 is 2.63 bits per heavy atom. The standard InChI is InChI=1S/C15H17ClN2S/c1-17-14(10-13-4-2-3-9-18-13)11-19-15-7-5-12(16)6-8-15/h2-9,14,17H,10-11H2,1H3. The van der Waals surface area contributed by atoms with Crippen LogP contribution in [-0.2, 0) is 6.42 Å². The maximum Gasteiger partial charge on any atom is 0.0419 e. The molecule has 0 fully saturated rings. The summed E-state index contributed by atoms with van der Waals surface area (Å²) in [5.74, 6) is 1.01. The highest BCUT2D eigenvalue weighted by molar-refractivity contribution is 7.99. The zero-order chi connectivity index (χ0) is 13.5. The van der Waals surface area contributed by atoms with Crippen molar-refractivity contribution in [2.24, 2.45) is 0 Å². The number of pyridine rings is 1. The highest BCUT2D eigenvalue weighted by atomic mass is 35.5. The summed E-state index contributed by atoms with van der Waals surface area (Å²) in [6.07, 6.45) is 2.78. The molecule has 0 saturated heterocycles. The monoisotopic (exact) mass is 292 g/mol. The Morgan fingerprint density at radius 2 is 2.00 bits per heavy atom. The van der Waals surface area contributed by atoms with E-state index in [1.54, 1.807) is 0 Å². The van der Waals surface area contributed by atoms with Gasteiger partial charge in [-0.15, -0.1) is 11.8 Å². The van der Waals surface area contributed by atoms with E-state index in [4.69, 9.17) is 11.6 Å². The molecule has 2 rings (SSSR count). The largest absolute Gasteiger partial charge is 0.316 e. The first kappa shape index (κ1) is 14.4. The normalized spacial score (nSPS) is 12.3. The summed E-state index contributed by atoms with van der Waals surface area (Å²) in [5.41, 5.74) is 1.12. The lowest BCUT2D eigenvalue weighted by molar-refractivity contribution is 0.609. The van der Waals surface area contributed by atoms with E-state index < -0.39 is 0 Å². The summed E-state index contributed by atoms with van der Waals surface area (Å²) in [7, 11) is 2.00. The molecule has 100 valence electrons. The summed E-state index contributed by atoms with van der Waals surface area (Å²) in [6, 6.07) is 14.4. The molecule has 1 heterocycles. The highest BCUT2D eigenvalue weighted by Crippen LogP contribution is 2.21. The van der Waals surface area contributed by atoms with Crippen molar-refractivity contribution in [2.75, 3.05) is 12.8 Å². The molecule has 0 saturated carbocycles. The van der Waals surface area contributed by atoms with Crippen LogP contribution in [-0.4, -0.2) is 23.8 Å². The molecule has 2 nitrogen and oxygen atoms in total. The second kappa shape index (κ2) is 7.53. The van der Waals surface area contributed by atoms with Crippen LogP contribution in [0.1, 0.15) is 5.69 Å². The van der Waals surface area contributed by atoms with Gasteiger partial charge in [-0.25, -0.2) is 0 Å². The number of nitrogens with zero attached hydrogens (tertiary/aromatic N) is 1. The molecule has 0 aliphatic carbocycles. The molecule has 0 aliphatic rings. The Morgan fingerprint density at radius 1 is 1.21 bits per heavy atom. The van der Waals surface area contributed by atoms with Gasteiger partial charge in [0.05, 0.1) is 0 Å². The Hall–Kier alpha value is -1.03. The molecule has 4 heteroatoms. The second-order valence-electron chi connectivity index (χ2n) is 4.28. The molecule has 0 radical (unpaired) electrons. The lowest BCUT2D eigenvalue weighted by Crippen LogP contribution is -2.30. The third-order valence-corrected chi connectivity index (χ3v) is 4.28. The fraction of sp³-hybridized carbons (Fsp3) is 0.267. The van der Waals surface area contributed by atoms with E-state index in [0.29, 0.717) is 6.04 Å². The predicted octanol–water partition coefficient (Wildman–Crippen LogP) is 3.66.